The molecule has 0 atom stereocenters. The quantitative estimate of drug-likeness (QED) is 0.676. The highest BCUT2D eigenvalue weighted by molar-refractivity contribution is 5.89. The van der Waals surface area contributed by atoms with Crippen molar-refractivity contribution in [3.05, 3.63) is 48.2 Å². The summed E-state index contributed by atoms with van der Waals surface area (Å²) in [5, 5.41) is 11.9. The molecule has 21 heavy (non-hydrogen) atoms. The molecule has 6 nitrogen and oxygen atoms in total. The number of carboxylic acid groups (broad SMARTS) is 1. The molecule has 0 fully saturated rings. The van der Waals surface area contributed by atoms with E-state index in [0.29, 0.717) is 24.7 Å². The number of para-hydroxylation sites is 1. The average molecular weight is 287 g/mol. The predicted octanol–water partition coefficient (Wildman–Crippen LogP) is 2.24. The Labute approximate surface area is 122 Å². The molecule has 0 aliphatic heterocycles. The van der Waals surface area contributed by atoms with Crippen LogP contribution in [0.1, 0.15) is 16.8 Å². The van der Waals surface area contributed by atoms with Crippen LogP contribution in [0.4, 0.5) is 11.5 Å². The van der Waals surface area contributed by atoms with Crippen molar-refractivity contribution in [1.29, 1.82) is 0 Å². The molecule has 0 amide bonds. The molecule has 0 bridgehead atoms. The van der Waals surface area contributed by atoms with Crippen LogP contribution in [-0.4, -0.2) is 29.2 Å². The third kappa shape index (κ3) is 4.38. The van der Waals surface area contributed by atoms with Gasteiger partial charge in [-0.15, -0.1) is 0 Å². The van der Waals surface area contributed by atoms with E-state index in [1.165, 1.54) is 12.3 Å². The summed E-state index contributed by atoms with van der Waals surface area (Å²) in [6.07, 6.45) is 2.05. The molecule has 0 saturated carbocycles. The molecular weight excluding hydrogens is 270 g/mol. The lowest BCUT2D eigenvalue weighted by atomic mass is 10.2. The monoisotopic (exact) mass is 287 g/mol. The predicted molar refractivity (Wildman–Crippen MR) is 80.7 cm³/mol. The number of nitrogens with zero attached hydrogens (tertiary/aromatic N) is 1. The summed E-state index contributed by atoms with van der Waals surface area (Å²) in [7, 11) is 0. The van der Waals surface area contributed by atoms with Crippen molar-refractivity contribution in [3.8, 4) is 5.75 Å². The summed E-state index contributed by atoms with van der Waals surface area (Å²) in [6.45, 7) is 1.21. The fourth-order valence-corrected chi connectivity index (χ4v) is 1.73. The molecule has 0 spiro atoms. The van der Waals surface area contributed by atoms with Crippen LogP contribution < -0.4 is 15.8 Å². The highest BCUT2D eigenvalue weighted by Gasteiger charge is 2.07. The minimum absolute atomic E-state index is 0.0745. The maximum atomic E-state index is 10.8. The number of hydrogen-bond acceptors (Lipinski definition) is 5. The molecule has 1 heterocycles. The second-order valence-electron chi connectivity index (χ2n) is 4.41. The third-order valence-corrected chi connectivity index (χ3v) is 2.79. The Morgan fingerprint density at radius 1 is 1.33 bits per heavy atom. The van der Waals surface area contributed by atoms with E-state index in [9.17, 15) is 4.79 Å². The number of benzene rings is 1. The fraction of sp³-hybridized carbons (Fsp3) is 0.200. The molecule has 0 aliphatic rings. The SMILES string of the molecule is Nc1cc(C(=O)O)cnc1NCCCOc1ccccc1. The van der Waals surface area contributed by atoms with Crippen LogP contribution in [0, 0.1) is 0 Å². The molecule has 0 aliphatic carbocycles. The Bertz CT molecular complexity index is 602. The number of aromatic nitrogens is 1. The van der Waals surface area contributed by atoms with E-state index in [1.807, 2.05) is 30.3 Å². The number of carboxylic acids is 1. The van der Waals surface area contributed by atoms with Crippen molar-refractivity contribution in [2.24, 2.45) is 0 Å². The van der Waals surface area contributed by atoms with Crippen molar-refractivity contribution in [3.63, 3.8) is 0 Å². The molecule has 2 rings (SSSR count). The van der Waals surface area contributed by atoms with Gasteiger partial charge in [-0.3, -0.25) is 0 Å². The Hall–Kier alpha value is -2.76. The number of hydrogen-bond donors (Lipinski definition) is 3. The van der Waals surface area contributed by atoms with E-state index >= 15 is 0 Å². The minimum atomic E-state index is -1.04. The highest BCUT2D eigenvalue weighted by atomic mass is 16.5. The van der Waals surface area contributed by atoms with Crippen LogP contribution in [0.2, 0.25) is 0 Å². The van der Waals surface area contributed by atoms with Crippen molar-refractivity contribution in [1.82, 2.24) is 4.98 Å². The van der Waals surface area contributed by atoms with Crippen molar-refractivity contribution < 1.29 is 14.6 Å². The number of anilines is 2. The maximum Gasteiger partial charge on any atom is 0.337 e. The minimum Gasteiger partial charge on any atom is -0.494 e. The van der Waals surface area contributed by atoms with E-state index in [0.717, 1.165) is 12.2 Å². The number of nitrogen functional groups attached to an aromatic ring is 1. The lowest BCUT2D eigenvalue weighted by molar-refractivity contribution is 0.0696. The third-order valence-electron chi connectivity index (χ3n) is 2.79. The second-order valence-corrected chi connectivity index (χ2v) is 4.41. The van der Waals surface area contributed by atoms with Crippen LogP contribution in [-0.2, 0) is 0 Å². The zero-order valence-corrected chi connectivity index (χ0v) is 11.5. The number of ether oxygens (including phenoxy) is 1. The van der Waals surface area contributed by atoms with Gasteiger partial charge in [0, 0.05) is 12.7 Å². The first-order valence-electron chi connectivity index (χ1n) is 6.57. The van der Waals surface area contributed by atoms with Gasteiger partial charge in [0.25, 0.3) is 0 Å². The molecule has 0 radical (unpaired) electrons. The largest absolute Gasteiger partial charge is 0.494 e. The summed E-state index contributed by atoms with van der Waals surface area (Å²) in [6, 6.07) is 11.0. The molecule has 6 heteroatoms. The van der Waals surface area contributed by atoms with E-state index in [2.05, 4.69) is 10.3 Å². The van der Waals surface area contributed by atoms with E-state index < -0.39 is 5.97 Å². The summed E-state index contributed by atoms with van der Waals surface area (Å²) in [5.41, 5.74) is 6.14. The smallest absolute Gasteiger partial charge is 0.337 e. The first kappa shape index (κ1) is 14.6. The van der Waals surface area contributed by atoms with E-state index in [4.69, 9.17) is 15.6 Å². The van der Waals surface area contributed by atoms with Gasteiger partial charge in [0.2, 0.25) is 0 Å². The lowest BCUT2D eigenvalue weighted by Crippen LogP contribution is -2.10. The summed E-state index contributed by atoms with van der Waals surface area (Å²) in [4.78, 5) is 14.8. The second kappa shape index (κ2) is 7.14. The first-order chi connectivity index (χ1) is 10.2. The topological polar surface area (TPSA) is 97.5 Å². The number of nitrogens with one attached hydrogen (secondary N) is 1. The standard InChI is InChI=1S/C15H17N3O3/c16-13-9-11(15(19)20)10-18-14(13)17-7-4-8-21-12-5-2-1-3-6-12/h1-3,5-6,9-10H,4,7-8,16H2,(H,17,18)(H,19,20). The lowest BCUT2D eigenvalue weighted by Gasteiger charge is -2.09. The van der Waals surface area contributed by atoms with Crippen molar-refractivity contribution in [2.45, 2.75) is 6.42 Å². The molecule has 4 N–H and O–H groups in total. The summed E-state index contributed by atoms with van der Waals surface area (Å²) in [5.74, 6) is 0.276. The van der Waals surface area contributed by atoms with Gasteiger partial charge in [-0.25, -0.2) is 9.78 Å². The van der Waals surface area contributed by atoms with Crippen LogP contribution in [0.3, 0.4) is 0 Å². The molecule has 0 saturated heterocycles. The molecule has 1 aromatic heterocycles. The Kier molecular flexibility index (Phi) is 4.98. The average Bonchev–Trinajstić information content (AvgIpc) is 2.49. The van der Waals surface area contributed by atoms with Crippen LogP contribution in [0.25, 0.3) is 0 Å². The van der Waals surface area contributed by atoms with Gasteiger partial charge in [-0.05, 0) is 24.6 Å². The Morgan fingerprint density at radius 2 is 2.10 bits per heavy atom. The first-order valence-corrected chi connectivity index (χ1v) is 6.57. The number of rotatable bonds is 7. The van der Waals surface area contributed by atoms with Crippen LogP contribution in [0.5, 0.6) is 5.75 Å². The van der Waals surface area contributed by atoms with Gasteiger partial charge in [0.1, 0.15) is 11.6 Å². The number of pyridine rings is 1. The van der Waals surface area contributed by atoms with Gasteiger partial charge in [-0.1, -0.05) is 18.2 Å². The van der Waals surface area contributed by atoms with Gasteiger partial charge in [-0.2, -0.15) is 0 Å². The summed E-state index contributed by atoms with van der Waals surface area (Å²) < 4.78 is 5.56. The van der Waals surface area contributed by atoms with Gasteiger partial charge in [0.05, 0.1) is 17.9 Å². The van der Waals surface area contributed by atoms with Gasteiger partial charge >= 0.3 is 5.97 Å². The van der Waals surface area contributed by atoms with Crippen molar-refractivity contribution >= 4 is 17.5 Å². The molecular formula is C15H17N3O3. The molecule has 2 aromatic rings. The van der Waals surface area contributed by atoms with Gasteiger partial charge < -0.3 is 20.9 Å². The summed E-state index contributed by atoms with van der Waals surface area (Å²) >= 11 is 0. The van der Waals surface area contributed by atoms with E-state index in [1.54, 1.807) is 0 Å². The van der Waals surface area contributed by atoms with Crippen molar-refractivity contribution in [2.75, 3.05) is 24.2 Å². The molecule has 0 unspecified atom stereocenters. The highest BCUT2D eigenvalue weighted by Crippen LogP contribution is 2.16. The normalized spacial score (nSPS) is 10.1. The van der Waals surface area contributed by atoms with Gasteiger partial charge in [0.15, 0.2) is 0 Å². The Morgan fingerprint density at radius 3 is 2.76 bits per heavy atom. The number of nitrogens with two attached hydrogens (primary N) is 1. The molecule has 110 valence electrons. The maximum absolute atomic E-state index is 10.8. The van der Waals surface area contributed by atoms with Crippen LogP contribution >= 0.6 is 0 Å². The fourth-order valence-electron chi connectivity index (χ4n) is 1.73. The molecule has 1 aromatic carbocycles. The van der Waals surface area contributed by atoms with E-state index in [-0.39, 0.29) is 5.56 Å². The number of carbonyl (C=O) groups is 1. The van der Waals surface area contributed by atoms with Crippen LogP contribution in [0.15, 0.2) is 42.6 Å². The Balaban J connectivity index is 1.75. The zero-order chi connectivity index (χ0) is 15.1. The zero-order valence-electron chi connectivity index (χ0n) is 11.5. The number of aromatic carboxylic acids is 1.